The van der Waals surface area contributed by atoms with Gasteiger partial charge in [-0.2, -0.15) is 5.10 Å². The first-order valence-corrected chi connectivity index (χ1v) is 14.0. The third-order valence-electron chi connectivity index (χ3n) is 7.00. The summed E-state index contributed by atoms with van der Waals surface area (Å²) in [6.45, 7) is 0.792. The summed E-state index contributed by atoms with van der Waals surface area (Å²) in [6.07, 6.45) is 8.43. The number of rotatable bonds is 7. The molecule has 4 aromatic heterocycles. The van der Waals surface area contributed by atoms with Crippen molar-refractivity contribution in [3.63, 3.8) is 0 Å². The van der Waals surface area contributed by atoms with Crippen molar-refractivity contribution in [1.29, 1.82) is 0 Å². The van der Waals surface area contributed by atoms with Gasteiger partial charge in [-0.05, 0) is 51.4 Å². The van der Waals surface area contributed by atoms with E-state index in [-0.39, 0.29) is 18.0 Å². The summed E-state index contributed by atoms with van der Waals surface area (Å²) >= 11 is 7.20. The van der Waals surface area contributed by atoms with Crippen LogP contribution in [0.3, 0.4) is 0 Å². The number of fused-ring (bicyclic) bond motifs is 1. The van der Waals surface area contributed by atoms with Crippen LogP contribution in [-0.2, 0) is 6.54 Å². The number of nitrogens with zero attached hydrogens (tertiary/aromatic N) is 7. The summed E-state index contributed by atoms with van der Waals surface area (Å²) in [6, 6.07) is 10.6. The summed E-state index contributed by atoms with van der Waals surface area (Å²) in [4.78, 5) is 33.2. The summed E-state index contributed by atoms with van der Waals surface area (Å²) in [7, 11) is 4.13. The molecular weight excluding hydrogens is 534 g/mol. The number of carbonyl (C=O) groups is 1. The average molecular weight is 562 g/mol. The van der Waals surface area contributed by atoms with Crippen LogP contribution in [0.15, 0.2) is 49.1 Å². The molecule has 1 saturated carbocycles. The number of carbonyl (C=O) groups excluding carboxylic acids is 1. The van der Waals surface area contributed by atoms with Crippen molar-refractivity contribution in [1.82, 2.24) is 44.9 Å². The van der Waals surface area contributed by atoms with Crippen LogP contribution in [-0.4, -0.2) is 65.6 Å². The smallest absolute Gasteiger partial charge is 0.280 e. The van der Waals surface area contributed by atoms with E-state index in [0.717, 1.165) is 54.6 Å². The topological polar surface area (TPSA) is 118 Å². The van der Waals surface area contributed by atoms with Gasteiger partial charge in [0, 0.05) is 24.2 Å². The zero-order valence-corrected chi connectivity index (χ0v) is 23.2. The van der Waals surface area contributed by atoms with E-state index >= 15 is 0 Å². The molecule has 0 radical (unpaired) electrons. The second kappa shape index (κ2) is 10.8. The largest absolute Gasteiger partial charge is 0.347 e. The standard InChI is InChI=1S/C27H28ClN9OS/c1-36(2)14-16-6-3-4-9-19(16)25-34-21-12-29-20(24-31-15-32-35-24)11-22(21)37(25)18-8-5-7-17(10-18)33-26(38)27-30-13-23(28)39-27/h3-4,6,9,11-13,15,17-18H,5,7-8,10,14H2,1-2H3,(H,33,38)(H,31,32,35). The Hall–Kier alpha value is -3.67. The fraction of sp³-hybridized carbons (Fsp3) is 0.333. The van der Waals surface area contributed by atoms with E-state index in [1.165, 1.54) is 29.4 Å². The van der Waals surface area contributed by atoms with Crippen LogP contribution in [0.25, 0.3) is 33.9 Å². The summed E-state index contributed by atoms with van der Waals surface area (Å²) < 4.78 is 2.84. The van der Waals surface area contributed by atoms with Crippen molar-refractivity contribution >= 4 is 39.9 Å². The minimum atomic E-state index is -0.179. The lowest BCUT2D eigenvalue weighted by molar-refractivity contribution is 0.0920. The van der Waals surface area contributed by atoms with E-state index in [0.29, 0.717) is 20.9 Å². The first-order valence-electron chi connectivity index (χ1n) is 12.8. The minimum Gasteiger partial charge on any atom is -0.347 e. The van der Waals surface area contributed by atoms with Crippen molar-refractivity contribution in [3.8, 4) is 22.9 Å². The number of halogens is 1. The van der Waals surface area contributed by atoms with Crippen molar-refractivity contribution in [2.45, 2.75) is 44.3 Å². The number of amides is 1. The van der Waals surface area contributed by atoms with E-state index in [2.05, 4.69) is 78.3 Å². The van der Waals surface area contributed by atoms with E-state index in [9.17, 15) is 4.79 Å². The van der Waals surface area contributed by atoms with Crippen LogP contribution < -0.4 is 5.32 Å². The number of thiazole rings is 1. The molecule has 5 aromatic rings. The SMILES string of the molecule is CN(C)Cc1ccccc1-c1nc2cnc(-c3ncn[nH]3)cc2n1C1CCCC(NC(=O)c2ncc(Cl)s2)C1. The van der Waals surface area contributed by atoms with Gasteiger partial charge in [-0.3, -0.25) is 14.9 Å². The Morgan fingerprint density at radius 1 is 1.21 bits per heavy atom. The lowest BCUT2D eigenvalue weighted by atomic mass is 9.90. The first-order chi connectivity index (χ1) is 19.0. The lowest BCUT2D eigenvalue weighted by Crippen LogP contribution is -2.39. The maximum Gasteiger partial charge on any atom is 0.280 e. The van der Waals surface area contributed by atoms with Crippen LogP contribution in [0.2, 0.25) is 4.34 Å². The van der Waals surface area contributed by atoms with Gasteiger partial charge in [-0.25, -0.2) is 15.0 Å². The second-order valence-electron chi connectivity index (χ2n) is 10.1. The summed E-state index contributed by atoms with van der Waals surface area (Å²) in [5, 5.41) is 10.5. The summed E-state index contributed by atoms with van der Waals surface area (Å²) in [5.41, 5.74) is 4.79. The van der Waals surface area contributed by atoms with Crippen LogP contribution in [0.1, 0.15) is 47.1 Å². The van der Waals surface area contributed by atoms with E-state index in [4.69, 9.17) is 16.6 Å². The molecule has 10 nitrogen and oxygen atoms in total. The Morgan fingerprint density at radius 2 is 2.08 bits per heavy atom. The molecule has 12 heteroatoms. The molecule has 0 bridgehead atoms. The van der Waals surface area contributed by atoms with Gasteiger partial charge < -0.3 is 14.8 Å². The molecule has 0 saturated heterocycles. The number of aromatic nitrogens is 7. The number of aromatic amines is 1. The molecule has 4 heterocycles. The van der Waals surface area contributed by atoms with Gasteiger partial charge in [-0.1, -0.05) is 47.2 Å². The minimum absolute atomic E-state index is 0.0109. The molecule has 6 rings (SSSR count). The molecule has 200 valence electrons. The third-order valence-corrected chi connectivity index (χ3v) is 8.11. The second-order valence-corrected chi connectivity index (χ2v) is 11.7. The highest BCUT2D eigenvalue weighted by atomic mass is 35.5. The molecule has 2 unspecified atom stereocenters. The number of nitrogens with one attached hydrogen (secondary N) is 2. The van der Waals surface area contributed by atoms with Gasteiger partial charge in [0.05, 0.1) is 17.9 Å². The fourth-order valence-electron chi connectivity index (χ4n) is 5.37. The molecule has 1 aromatic carbocycles. The predicted molar refractivity (Wildman–Crippen MR) is 152 cm³/mol. The van der Waals surface area contributed by atoms with E-state index in [1.807, 2.05) is 6.07 Å². The van der Waals surface area contributed by atoms with Gasteiger partial charge in [-0.15, -0.1) is 0 Å². The Bertz CT molecular complexity index is 1610. The molecule has 2 atom stereocenters. The normalized spacial score (nSPS) is 17.6. The van der Waals surface area contributed by atoms with E-state index < -0.39 is 0 Å². The number of hydrogen-bond donors (Lipinski definition) is 2. The Kier molecular flexibility index (Phi) is 7.11. The molecule has 0 aliphatic heterocycles. The van der Waals surface area contributed by atoms with Gasteiger partial charge in [0.2, 0.25) is 0 Å². The first kappa shape index (κ1) is 25.6. The maximum absolute atomic E-state index is 12.9. The molecule has 2 N–H and O–H groups in total. The molecule has 1 amide bonds. The fourth-order valence-corrected chi connectivity index (χ4v) is 6.19. The zero-order chi connectivity index (χ0) is 26.9. The molecule has 1 aliphatic rings. The number of pyridine rings is 1. The number of imidazole rings is 1. The molecular formula is C27H28ClN9OS. The van der Waals surface area contributed by atoms with Gasteiger partial charge in [0.25, 0.3) is 5.91 Å². The van der Waals surface area contributed by atoms with Gasteiger partial charge in [0.1, 0.15) is 27.7 Å². The van der Waals surface area contributed by atoms with Crippen molar-refractivity contribution in [2.24, 2.45) is 0 Å². The quantitative estimate of drug-likeness (QED) is 0.288. The zero-order valence-electron chi connectivity index (χ0n) is 21.6. The molecule has 1 fully saturated rings. The predicted octanol–water partition coefficient (Wildman–Crippen LogP) is 4.97. The molecule has 39 heavy (non-hydrogen) atoms. The van der Waals surface area contributed by atoms with E-state index in [1.54, 1.807) is 6.20 Å². The van der Waals surface area contributed by atoms with Crippen LogP contribution >= 0.6 is 22.9 Å². The Balaban J connectivity index is 1.42. The number of hydrogen-bond acceptors (Lipinski definition) is 8. The van der Waals surface area contributed by atoms with Gasteiger partial charge >= 0.3 is 0 Å². The van der Waals surface area contributed by atoms with Crippen molar-refractivity contribution in [3.05, 3.63) is 64.0 Å². The lowest BCUT2D eigenvalue weighted by Gasteiger charge is -2.32. The van der Waals surface area contributed by atoms with Crippen LogP contribution in [0.5, 0.6) is 0 Å². The van der Waals surface area contributed by atoms with Crippen molar-refractivity contribution in [2.75, 3.05) is 14.1 Å². The van der Waals surface area contributed by atoms with Crippen LogP contribution in [0.4, 0.5) is 0 Å². The highest BCUT2D eigenvalue weighted by molar-refractivity contribution is 7.17. The van der Waals surface area contributed by atoms with Crippen molar-refractivity contribution < 1.29 is 4.79 Å². The molecule has 1 aliphatic carbocycles. The number of benzene rings is 1. The molecule has 0 spiro atoms. The highest BCUT2D eigenvalue weighted by Gasteiger charge is 2.29. The van der Waals surface area contributed by atoms with Gasteiger partial charge in [0.15, 0.2) is 10.8 Å². The number of H-pyrrole nitrogens is 1. The Labute approximate surface area is 234 Å². The maximum atomic E-state index is 12.9. The summed E-state index contributed by atoms with van der Waals surface area (Å²) in [5.74, 6) is 1.33. The Morgan fingerprint density at radius 3 is 2.85 bits per heavy atom. The highest BCUT2D eigenvalue weighted by Crippen LogP contribution is 2.38. The third kappa shape index (κ3) is 5.29. The monoisotopic (exact) mass is 561 g/mol. The van der Waals surface area contributed by atoms with Crippen LogP contribution in [0, 0.1) is 0 Å². The average Bonchev–Trinajstić information content (AvgIpc) is 3.68.